The van der Waals surface area contributed by atoms with E-state index in [1.54, 1.807) is 6.07 Å². The standard InChI is InChI=1S/C17H16N2O2/c18-19-16(13-4-2-1-3-5-13)11-14-7-6-12(8-9-20)10-15(14)17(19)21/h1-7,10-11,20H,8-9,18H2. The Morgan fingerprint density at radius 1 is 1.05 bits per heavy atom. The Morgan fingerprint density at radius 2 is 1.81 bits per heavy atom. The smallest absolute Gasteiger partial charge is 0.277 e. The molecular formula is C17H16N2O2. The van der Waals surface area contributed by atoms with Crippen LogP contribution in [0.4, 0.5) is 0 Å². The number of aliphatic hydroxyl groups excluding tert-OH is 1. The van der Waals surface area contributed by atoms with E-state index in [1.165, 1.54) is 4.68 Å². The van der Waals surface area contributed by atoms with Crippen LogP contribution in [0.15, 0.2) is 59.4 Å². The molecule has 1 heterocycles. The van der Waals surface area contributed by atoms with E-state index in [4.69, 9.17) is 10.9 Å². The van der Waals surface area contributed by atoms with Crippen molar-refractivity contribution in [2.75, 3.05) is 12.4 Å². The predicted octanol–water partition coefficient (Wildman–Crippen LogP) is 1.92. The highest BCUT2D eigenvalue weighted by atomic mass is 16.2. The van der Waals surface area contributed by atoms with Gasteiger partial charge in [-0.05, 0) is 29.5 Å². The van der Waals surface area contributed by atoms with E-state index in [2.05, 4.69) is 0 Å². The Hall–Kier alpha value is -2.59. The minimum absolute atomic E-state index is 0.0599. The van der Waals surface area contributed by atoms with Crippen molar-refractivity contribution in [1.29, 1.82) is 0 Å². The maximum atomic E-state index is 12.5. The second-order valence-corrected chi connectivity index (χ2v) is 4.97. The first-order chi connectivity index (χ1) is 10.2. The molecule has 0 aliphatic heterocycles. The molecule has 4 heteroatoms. The Kier molecular flexibility index (Phi) is 3.46. The molecule has 106 valence electrons. The van der Waals surface area contributed by atoms with Gasteiger partial charge in [0, 0.05) is 17.6 Å². The van der Waals surface area contributed by atoms with E-state index in [0.29, 0.717) is 17.5 Å². The molecular weight excluding hydrogens is 264 g/mol. The van der Waals surface area contributed by atoms with E-state index >= 15 is 0 Å². The Balaban J connectivity index is 2.24. The fraction of sp³-hybridized carbons (Fsp3) is 0.118. The number of nitrogen functional groups attached to an aromatic ring is 1. The van der Waals surface area contributed by atoms with Gasteiger partial charge in [0.15, 0.2) is 0 Å². The van der Waals surface area contributed by atoms with Gasteiger partial charge in [0.05, 0.1) is 5.69 Å². The highest BCUT2D eigenvalue weighted by molar-refractivity contribution is 5.86. The zero-order valence-electron chi connectivity index (χ0n) is 11.5. The van der Waals surface area contributed by atoms with Crippen LogP contribution >= 0.6 is 0 Å². The van der Waals surface area contributed by atoms with Crippen molar-refractivity contribution in [3.63, 3.8) is 0 Å². The SMILES string of the molecule is Nn1c(-c2ccccc2)cc2ccc(CCO)cc2c1=O. The normalized spacial score (nSPS) is 10.9. The van der Waals surface area contributed by atoms with Gasteiger partial charge in [-0.2, -0.15) is 0 Å². The number of aromatic nitrogens is 1. The third-order valence-corrected chi connectivity index (χ3v) is 3.59. The molecule has 0 unspecified atom stereocenters. The summed E-state index contributed by atoms with van der Waals surface area (Å²) in [5, 5.41) is 10.4. The number of aliphatic hydroxyl groups is 1. The summed E-state index contributed by atoms with van der Waals surface area (Å²) in [5.74, 6) is 5.96. The van der Waals surface area contributed by atoms with Crippen LogP contribution in [0.5, 0.6) is 0 Å². The third-order valence-electron chi connectivity index (χ3n) is 3.59. The van der Waals surface area contributed by atoms with Crippen molar-refractivity contribution in [1.82, 2.24) is 4.68 Å². The Labute approximate surface area is 122 Å². The number of benzene rings is 2. The van der Waals surface area contributed by atoms with Crippen LogP contribution in [-0.2, 0) is 6.42 Å². The van der Waals surface area contributed by atoms with Crippen LogP contribution in [0.1, 0.15) is 5.56 Å². The van der Waals surface area contributed by atoms with Gasteiger partial charge in [-0.15, -0.1) is 0 Å². The second-order valence-electron chi connectivity index (χ2n) is 4.97. The number of rotatable bonds is 3. The summed E-state index contributed by atoms with van der Waals surface area (Å²) in [7, 11) is 0. The predicted molar refractivity (Wildman–Crippen MR) is 84.6 cm³/mol. The highest BCUT2D eigenvalue weighted by Gasteiger charge is 2.09. The molecule has 0 aliphatic rings. The topological polar surface area (TPSA) is 68.2 Å². The van der Waals surface area contributed by atoms with Crippen LogP contribution < -0.4 is 11.4 Å². The van der Waals surface area contributed by atoms with Crippen molar-refractivity contribution in [3.05, 3.63) is 70.5 Å². The molecule has 3 rings (SSSR count). The van der Waals surface area contributed by atoms with E-state index < -0.39 is 0 Å². The summed E-state index contributed by atoms with van der Waals surface area (Å²) in [5.41, 5.74) is 2.28. The van der Waals surface area contributed by atoms with Gasteiger partial charge >= 0.3 is 0 Å². The molecule has 3 N–H and O–H groups in total. The van der Waals surface area contributed by atoms with Gasteiger partial charge in [0.25, 0.3) is 5.56 Å². The molecule has 1 aromatic heterocycles. The van der Waals surface area contributed by atoms with Gasteiger partial charge in [-0.1, -0.05) is 42.5 Å². The number of fused-ring (bicyclic) bond motifs is 1. The maximum Gasteiger partial charge on any atom is 0.277 e. The van der Waals surface area contributed by atoms with E-state index in [0.717, 1.165) is 16.5 Å². The number of nitrogens with zero attached hydrogens (tertiary/aromatic N) is 1. The lowest BCUT2D eigenvalue weighted by Crippen LogP contribution is -2.28. The van der Waals surface area contributed by atoms with Gasteiger partial charge in [-0.3, -0.25) is 4.79 Å². The van der Waals surface area contributed by atoms with Crippen molar-refractivity contribution >= 4 is 10.8 Å². The average molecular weight is 280 g/mol. The van der Waals surface area contributed by atoms with Crippen molar-refractivity contribution < 1.29 is 5.11 Å². The third kappa shape index (κ3) is 2.41. The molecule has 0 atom stereocenters. The van der Waals surface area contributed by atoms with Crippen LogP contribution in [0.2, 0.25) is 0 Å². The summed E-state index contributed by atoms with van der Waals surface area (Å²) >= 11 is 0. The van der Waals surface area contributed by atoms with Gasteiger partial charge < -0.3 is 10.9 Å². The minimum Gasteiger partial charge on any atom is -0.396 e. The summed E-state index contributed by atoms with van der Waals surface area (Å²) in [6, 6.07) is 17.1. The molecule has 0 saturated heterocycles. The zero-order chi connectivity index (χ0) is 14.8. The molecule has 3 aromatic rings. The Bertz CT molecular complexity index is 839. The lowest BCUT2D eigenvalue weighted by atomic mass is 10.0. The van der Waals surface area contributed by atoms with Crippen LogP contribution in [0, 0.1) is 0 Å². The minimum atomic E-state index is -0.230. The van der Waals surface area contributed by atoms with Crippen LogP contribution in [0.3, 0.4) is 0 Å². The second kappa shape index (κ2) is 5.42. The molecule has 21 heavy (non-hydrogen) atoms. The maximum absolute atomic E-state index is 12.5. The van der Waals surface area contributed by atoms with Crippen molar-refractivity contribution in [2.45, 2.75) is 6.42 Å². The first kappa shape index (κ1) is 13.4. The lowest BCUT2D eigenvalue weighted by Gasteiger charge is -2.11. The summed E-state index contributed by atoms with van der Waals surface area (Å²) in [6.07, 6.45) is 0.528. The van der Waals surface area contributed by atoms with Gasteiger partial charge in [-0.25, -0.2) is 4.68 Å². The summed E-state index contributed by atoms with van der Waals surface area (Å²) in [6.45, 7) is 0.0599. The van der Waals surface area contributed by atoms with Crippen LogP contribution in [-0.4, -0.2) is 16.4 Å². The van der Waals surface area contributed by atoms with E-state index in [-0.39, 0.29) is 12.2 Å². The van der Waals surface area contributed by atoms with Crippen molar-refractivity contribution in [2.24, 2.45) is 0 Å². The zero-order valence-corrected chi connectivity index (χ0v) is 11.5. The number of pyridine rings is 1. The van der Waals surface area contributed by atoms with Gasteiger partial charge in [0.1, 0.15) is 0 Å². The van der Waals surface area contributed by atoms with Gasteiger partial charge in [0.2, 0.25) is 0 Å². The number of nitrogens with two attached hydrogens (primary N) is 1. The molecule has 0 fully saturated rings. The molecule has 0 radical (unpaired) electrons. The fourth-order valence-electron chi connectivity index (χ4n) is 2.49. The molecule has 0 aliphatic carbocycles. The molecule has 0 amide bonds. The molecule has 0 spiro atoms. The van der Waals surface area contributed by atoms with E-state index in [9.17, 15) is 4.79 Å². The summed E-state index contributed by atoms with van der Waals surface area (Å²) in [4.78, 5) is 12.5. The monoisotopic (exact) mass is 280 g/mol. The van der Waals surface area contributed by atoms with Crippen molar-refractivity contribution in [3.8, 4) is 11.3 Å². The molecule has 0 bridgehead atoms. The quantitative estimate of drug-likeness (QED) is 0.720. The number of hydrogen-bond donors (Lipinski definition) is 2. The first-order valence-electron chi connectivity index (χ1n) is 6.81. The van der Waals surface area contributed by atoms with Crippen LogP contribution in [0.25, 0.3) is 22.0 Å². The summed E-state index contributed by atoms with van der Waals surface area (Å²) < 4.78 is 1.18. The molecule has 2 aromatic carbocycles. The largest absolute Gasteiger partial charge is 0.396 e. The lowest BCUT2D eigenvalue weighted by molar-refractivity contribution is 0.299. The fourth-order valence-corrected chi connectivity index (χ4v) is 2.49. The average Bonchev–Trinajstić information content (AvgIpc) is 2.52. The molecule has 4 nitrogen and oxygen atoms in total. The number of hydrogen-bond acceptors (Lipinski definition) is 3. The first-order valence-corrected chi connectivity index (χ1v) is 6.81. The van der Waals surface area contributed by atoms with E-state index in [1.807, 2.05) is 48.5 Å². The highest BCUT2D eigenvalue weighted by Crippen LogP contribution is 2.21. The Morgan fingerprint density at radius 3 is 2.52 bits per heavy atom. The molecule has 0 saturated carbocycles.